The topological polar surface area (TPSA) is 12.4 Å². The Hall–Kier alpha value is -1.89. The predicted molar refractivity (Wildman–Crippen MR) is 80.9 cm³/mol. The largest absolute Gasteiger partial charge is 0.289 e. The fourth-order valence-corrected chi connectivity index (χ4v) is 2.73. The molecule has 1 heteroatoms. The average molecular weight is 249 g/mol. The van der Waals surface area contributed by atoms with Crippen LogP contribution in [0.25, 0.3) is 0 Å². The van der Waals surface area contributed by atoms with Gasteiger partial charge in [0, 0.05) is 12.3 Å². The van der Waals surface area contributed by atoms with E-state index in [-0.39, 0.29) is 0 Å². The van der Waals surface area contributed by atoms with E-state index >= 15 is 0 Å². The number of hydrogen-bond acceptors (Lipinski definition) is 1. The van der Waals surface area contributed by atoms with Crippen molar-refractivity contribution >= 4 is 5.71 Å². The first kappa shape index (κ1) is 12.2. The van der Waals surface area contributed by atoms with Gasteiger partial charge in [-0.05, 0) is 42.4 Å². The van der Waals surface area contributed by atoms with Crippen molar-refractivity contribution < 1.29 is 0 Å². The number of aryl methyl sites for hydroxylation is 1. The fraction of sp³-hybridized carbons (Fsp3) is 0.278. The first-order valence-corrected chi connectivity index (χ1v) is 7.09. The third-order valence-electron chi connectivity index (χ3n) is 3.73. The molecule has 0 atom stereocenters. The van der Waals surface area contributed by atoms with Crippen LogP contribution in [0.5, 0.6) is 0 Å². The number of benzene rings is 2. The Labute approximate surface area is 115 Å². The number of nitrogens with zero attached hydrogens (tertiary/aromatic N) is 1. The van der Waals surface area contributed by atoms with Crippen LogP contribution in [0.3, 0.4) is 0 Å². The lowest BCUT2D eigenvalue weighted by Gasteiger charge is -2.16. The van der Waals surface area contributed by atoms with Gasteiger partial charge >= 0.3 is 0 Å². The Morgan fingerprint density at radius 1 is 0.842 bits per heavy atom. The molecule has 3 rings (SSSR count). The molecule has 1 aliphatic rings. The van der Waals surface area contributed by atoms with Crippen molar-refractivity contribution in [3.8, 4) is 0 Å². The normalized spacial score (nSPS) is 13.8. The summed E-state index contributed by atoms with van der Waals surface area (Å²) in [5.74, 6) is 0. The molecule has 0 unspecified atom stereocenters. The van der Waals surface area contributed by atoms with E-state index in [1.807, 2.05) is 0 Å². The summed E-state index contributed by atoms with van der Waals surface area (Å²) in [5, 5.41) is 0. The van der Waals surface area contributed by atoms with E-state index in [0.717, 1.165) is 25.8 Å². The van der Waals surface area contributed by atoms with Gasteiger partial charge in [-0.15, -0.1) is 0 Å². The highest BCUT2D eigenvalue weighted by molar-refractivity contribution is 6.02. The van der Waals surface area contributed by atoms with E-state index in [0.29, 0.717) is 0 Å². The fourth-order valence-electron chi connectivity index (χ4n) is 2.73. The summed E-state index contributed by atoms with van der Waals surface area (Å²) in [7, 11) is 0. The molecule has 1 heterocycles. The quantitative estimate of drug-likeness (QED) is 0.775. The second kappa shape index (κ2) is 5.83. The van der Waals surface area contributed by atoms with Gasteiger partial charge in [0.05, 0.1) is 0 Å². The van der Waals surface area contributed by atoms with E-state index in [1.165, 1.54) is 28.8 Å². The molecule has 0 bridgehead atoms. The van der Waals surface area contributed by atoms with Crippen LogP contribution < -0.4 is 0 Å². The van der Waals surface area contributed by atoms with Crippen LogP contribution in [0.4, 0.5) is 0 Å². The molecule has 0 fully saturated rings. The van der Waals surface area contributed by atoms with Crippen molar-refractivity contribution in [3.05, 3.63) is 71.3 Å². The van der Waals surface area contributed by atoms with Crippen LogP contribution in [0.1, 0.15) is 29.5 Å². The summed E-state index contributed by atoms with van der Waals surface area (Å²) < 4.78 is 0. The second-order valence-electron chi connectivity index (χ2n) is 5.07. The Kier molecular flexibility index (Phi) is 3.73. The molecule has 1 nitrogen and oxygen atoms in total. The minimum absolute atomic E-state index is 0.956. The molecule has 0 aliphatic carbocycles. The first-order valence-electron chi connectivity index (χ1n) is 7.09. The highest BCUT2D eigenvalue weighted by Gasteiger charge is 2.12. The van der Waals surface area contributed by atoms with Crippen molar-refractivity contribution in [1.29, 1.82) is 0 Å². The van der Waals surface area contributed by atoms with Crippen molar-refractivity contribution in [2.75, 3.05) is 6.54 Å². The van der Waals surface area contributed by atoms with Gasteiger partial charge in [0.25, 0.3) is 0 Å². The zero-order valence-corrected chi connectivity index (χ0v) is 11.2. The SMILES string of the molecule is c1ccc(CCCC2=NCCc3ccccc32)cc1. The molecule has 96 valence electrons. The average Bonchev–Trinajstić information content (AvgIpc) is 2.49. The monoisotopic (exact) mass is 249 g/mol. The number of hydrogen-bond donors (Lipinski definition) is 0. The van der Waals surface area contributed by atoms with E-state index in [2.05, 4.69) is 54.6 Å². The lowest BCUT2D eigenvalue weighted by atomic mass is 9.94. The molecule has 0 spiro atoms. The molecule has 0 saturated carbocycles. The van der Waals surface area contributed by atoms with Gasteiger partial charge in [0.2, 0.25) is 0 Å². The summed E-state index contributed by atoms with van der Waals surface area (Å²) in [6.07, 6.45) is 4.50. The van der Waals surface area contributed by atoms with E-state index in [9.17, 15) is 0 Å². The van der Waals surface area contributed by atoms with Gasteiger partial charge in [0.15, 0.2) is 0 Å². The van der Waals surface area contributed by atoms with Gasteiger partial charge in [-0.3, -0.25) is 4.99 Å². The third-order valence-corrected chi connectivity index (χ3v) is 3.73. The molecular weight excluding hydrogens is 230 g/mol. The summed E-state index contributed by atoms with van der Waals surface area (Å²) in [5.41, 5.74) is 5.57. The first-order chi connectivity index (χ1) is 9.43. The maximum atomic E-state index is 4.72. The zero-order chi connectivity index (χ0) is 12.9. The summed E-state index contributed by atoms with van der Waals surface area (Å²) >= 11 is 0. The van der Waals surface area contributed by atoms with Gasteiger partial charge in [0.1, 0.15) is 0 Å². The molecule has 2 aromatic carbocycles. The summed E-state index contributed by atoms with van der Waals surface area (Å²) in [4.78, 5) is 4.72. The van der Waals surface area contributed by atoms with Gasteiger partial charge in [-0.2, -0.15) is 0 Å². The van der Waals surface area contributed by atoms with Crippen LogP contribution in [-0.2, 0) is 12.8 Å². The molecule has 0 amide bonds. The number of fused-ring (bicyclic) bond motifs is 1. The van der Waals surface area contributed by atoms with Crippen LogP contribution in [0.2, 0.25) is 0 Å². The Bertz CT molecular complexity index is 569. The Morgan fingerprint density at radius 3 is 2.53 bits per heavy atom. The van der Waals surface area contributed by atoms with E-state index in [1.54, 1.807) is 0 Å². The van der Waals surface area contributed by atoms with Crippen molar-refractivity contribution in [3.63, 3.8) is 0 Å². The standard InChI is InChI=1S/C18H19N/c1-2-7-15(8-3-1)9-6-12-18-17-11-5-4-10-16(17)13-14-19-18/h1-5,7-8,10-11H,6,9,12-14H2. The Balaban J connectivity index is 1.63. The molecule has 1 aliphatic heterocycles. The Morgan fingerprint density at radius 2 is 1.63 bits per heavy atom. The molecular formula is C18H19N. The minimum atomic E-state index is 0.956. The minimum Gasteiger partial charge on any atom is -0.289 e. The lowest BCUT2D eigenvalue weighted by Crippen LogP contribution is -2.12. The molecule has 0 saturated heterocycles. The maximum Gasteiger partial charge on any atom is 0.0433 e. The summed E-state index contributed by atoms with van der Waals surface area (Å²) in [6.45, 7) is 0.956. The second-order valence-corrected chi connectivity index (χ2v) is 5.07. The van der Waals surface area contributed by atoms with Crippen molar-refractivity contribution in [2.24, 2.45) is 4.99 Å². The van der Waals surface area contributed by atoms with E-state index in [4.69, 9.17) is 4.99 Å². The molecule has 19 heavy (non-hydrogen) atoms. The van der Waals surface area contributed by atoms with Gasteiger partial charge in [-0.25, -0.2) is 0 Å². The lowest BCUT2D eigenvalue weighted by molar-refractivity contribution is 0.845. The maximum absolute atomic E-state index is 4.72. The highest BCUT2D eigenvalue weighted by Crippen LogP contribution is 2.19. The van der Waals surface area contributed by atoms with Crippen molar-refractivity contribution in [1.82, 2.24) is 0 Å². The van der Waals surface area contributed by atoms with E-state index < -0.39 is 0 Å². The predicted octanol–water partition coefficient (Wildman–Crippen LogP) is 4.05. The van der Waals surface area contributed by atoms with Crippen LogP contribution >= 0.6 is 0 Å². The summed E-state index contributed by atoms with van der Waals surface area (Å²) in [6, 6.07) is 19.4. The number of aliphatic imine (C=N–C) groups is 1. The highest BCUT2D eigenvalue weighted by atomic mass is 14.7. The third kappa shape index (κ3) is 2.93. The van der Waals surface area contributed by atoms with Gasteiger partial charge < -0.3 is 0 Å². The van der Waals surface area contributed by atoms with Gasteiger partial charge in [-0.1, -0.05) is 54.6 Å². The molecule has 0 aromatic heterocycles. The number of rotatable bonds is 4. The molecule has 2 aromatic rings. The van der Waals surface area contributed by atoms with Crippen LogP contribution in [0, 0.1) is 0 Å². The molecule has 0 radical (unpaired) electrons. The van der Waals surface area contributed by atoms with Crippen LogP contribution in [0.15, 0.2) is 59.6 Å². The van der Waals surface area contributed by atoms with Crippen molar-refractivity contribution in [2.45, 2.75) is 25.7 Å². The molecule has 0 N–H and O–H groups in total. The zero-order valence-electron chi connectivity index (χ0n) is 11.2. The van der Waals surface area contributed by atoms with Crippen LogP contribution in [-0.4, -0.2) is 12.3 Å². The smallest absolute Gasteiger partial charge is 0.0433 e.